The van der Waals surface area contributed by atoms with Gasteiger partial charge in [0, 0.05) is 30.4 Å². The van der Waals surface area contributed by atoms with E-state index in [2.05, 4.69) is 20.3 Å². The first-order valence-electron chi connectivity index (χ1n) is 7.75. The van der Waals surface area contributed by atoms with Gasteiger partial charge in [0.15, 0.2) is 5.82 Å². The van der Waals surface area contributed by atoms with Gasteiger partial charge in [-0.1, -0.05) is 35.3 Å². The summed E-state index contributed by atoms with van der Waals surface area (Å²) in [4.78, 5) is 15.4. The standard InChI is InChI=1S/C18H17BClN5/c1-11-4-7-13(20)10-15(11)16-22-17(24-18(23-16)25(2)3)21-14-8-5-12(19)6-9-14/h4-10H,1-3H3,(H,21,22,23,24). The second-order valence-corrected chi connectivity index (χ2v) is 6.32. The van der Waals surface area contributed by atoms with E-state index in [1.165, 1.54) is 0 Å². The molecule has 0 aliphatic rings. The van der Waals surface area contributed by atoms with Crippen LogP contribution in [-0.4, -0.2) is 36.9 Å². The Morgan fingerprint density at radius 2 is 1.72 bits per heavy atom. The van der Waals surface area contributed by atoms with Crippen LogP contribution in [0.2, 0.25) is 5.02 Å². The van der Waals surface area contributed by atoms with E-state index in [1.807, 2.05) is 68.4 Å². The molecule has 1 heterocycles. The monoisotopic (exact) mass is 349 g/mol. The Morgan fingerprint density at radius 1 is 1.00 bits per heavy atom. The van der Waals surface area contributed by atoms with Crippen molar-refractivity contribution in [3.63, 3.8) is 0 Å². The Hall–Kier alpha value is -2.60. The zero-order valence-electron chi connectivity index (χ0n) is 14.3. The third kappa shape index (κ3) is 4.09. The summed E-state index contributed by atoms with van der Waals surface area (Å²) in [5.41, 5.74) is 3.46. The summed E-state index contributed by atoms with van der Waals surface area (Å²) in [6, 6.07) is 13.0. The molecule has 0 aliphatic heterocycles. The number of hydrogen-bond acceptors (Lipinski definition) is 5. The van der Waals surface area contributed by atoms with Crippen LogP contribution < -0.4 is 15.7 Å². The summed E-state index contributed by atoms with van der Waals surface area (Å²) >= 11 is 6.14. The van der Waals surface area contributed by atoms with Gasteiger partial charge in [0.05, 0.1) is 0 Å². The smallest absolute Gasteiger partial charge is 0.232 e. The molecule has 5 nitrogen and oxygen atoms in total. The van der Waals surface area contributed by atoms with Gasteiger partial charge in [-0.3, -0.25) is 0 Å². The molecule has 2 aromatic carbocycles. The van der Waals surface area contributed by atoms with Gasteiger partial charge in [-0.05, 0) is 36.8 Å². The van der Waals surface area contributed by atoms with E-state index in [-0.39, 0.29) is 0 Å². The first kappa shape index (κ1) is 17.2. The third-order valence-corrected chi connectivity index (χ3v) is 3.87. The van der Waals surface area contributed by atoms with Gasteiger partial charge in [-0.25, -0.2) is 0 Å². The summed E-state index contributed by atoms with van der Waals surface area (Å²) < 4.78 is 0. The van der Waals surface area contributed by atoms with Crippen LogP contribution >= 0.6 is 11.6 Å². The lowest BCUT2D eigenvalue weighted by Gasteiger charge is -2.14. The number of aryl methyl sites for hydroxylation is 1. The minimum atomic E-state index is 0.456. The Kier molecular flexibility index (Phi) is 4.90. The molecule has 0 unspecified atom stereocenters. The Labute approximate surface area is 153 Å². The molecule has 0 atom stereocenters. The minimum absolute atomic E-state index is 0.456. The number of nitrogens with one attached hydrogen (secondary N) is 1. The molecule has 124 valence electrons. The maximum absolute atomic E-state index is 6.14. The topological polar surface area (TPSA) is 53.9 Å². The predicted molar refractivity (Wildman–Crippen MR) is 104 cm³/mol. The molecule has 1 aromatic heterocycles. The van der Waals surface area contributed by atoms with E-state index in [9.17, 15) is 0 Å². The Balaban J connectivity index is 2.05. The van der Waals surface area contributed by atoms with Crippen molar-refractivity contribution in [1.29, 1.82) is 0 Å². The van der Waals surface area contributed by atoms with Crippen molar-refractivity contribution in [2.24, 2.45) is 0 Å². The molecule has 0 fully saturated rings. The van der Waals surface area contributed by atoms with Crippen LogP contribution in [0.4, 0.5) is 17.6 Å². The number of aromatic nitrogens is 3. The van der Waals surface area contributed by atoms with Crippen molar-refractivity contribution in [3.8, 4) is 11.4 Å². The predicted octanol–water partition coefficient (Wildman–Crippen LogP) is 3.10. The first-order valence-corrected chi connectivity index (χ1v) is 8.12. The number of halogens is 1. The first-order chi connectivity index (χ1) is 11.9. The molecule has 3 rings (SSSR count). The largest absolute Gasteiger partial charge is 0.347 e. The van der Waals surface area contributed by atoms with Gasteiger partial charge in [-0.2, -0.15) is 15.0 Å². The summed E-state index contributed by atoms with van der Waals surface area (Å²) in [7, 11) is 9.50. The molecule has 0 saturated carbocycles. The molecule has 2 radical (unpaired) electrons. The highest BCUT2D eigenvalue weighted by atomic mass is 35.5. The molecule has 7 heteroatoms. The summed E-state index contributed by atoms with van der Waals surface area (Å²) in [6.45, 7) is 2.00. The van der Waals surface area contributed by atoms with Gasteiger partial charge in [0.2, 0.25) is 11.9 Å². The van der Waals surface area contributed by atoms with Crippen molar-refractivity contribution >= 4 is 42.5 Å². The number of anilines is 3. The fourth-order valence-electron chi connectivity index (χ4n) is 2.27. The summed E-state index contributed by atoms with van der Waals surface area (Å²) in [6.07, 6.45) is 0. The van der Waals surface area contributed by atoms with E-state index >= 15 is 0 Å². The van der Waals surface area contributed by atoms with Crippen molar-refractivity contribution in [2.45, 2.75) is 6.92 Å². The van der Waals surface area contributed by atoms with E-state index < -0.39 is 0 Å². The average Bonchev–Trinajstić information content (AvgIpc) is 2.59. The van der Waals surface area contributed by atoms with E-state index in [4.69, 9.17) is 19.4 Å². The van der Waals surface area contributed by atoms with Gasteiger partial charge >= 0.3 is 0 Å². The normalized spacial score (nSPS) is 10.6. The lowest BCUT2D eigenvalue weighted by atomic mass is 9.96. The molecule has 3 aromatic rings. The minimum Gasteiger partial charge on any atom is -0.347 e. The van der Waals surface area contributed by atoms with Crippen molar-refractivity contribution in [1.82, 2.24) is 15.0 Å². The average molecular weight is 350 g/mol. The molecule has 1 N–H and O–H groups in total. The van der Waals surface area contributed by atoms with Crippen molar-refractivity contribution in [3.05, 3.63) is 53.1 Å². The zero-order chi connectivity index (χ0) is 18.0. The molecule has 0 bridgehead atoms. The maximum Gasteiger partial charge on any atom is 0.232 e. The quantitative estimate of drug-likeness (QED) is 0.734. The van der Waals surface area contributed by atoms with E-state index in [0.29, 0.717) is 28.2 Å². The Morgan fingerprint density at radius 3 is 2.40 bits per heavy atom. The van der Waals surface area contributed by atoms with Gasteiger partial charge in [-0.15, -0.1) is 0 Å². The number of nitrogens with zero attached hydrogens (tertiary/aromatic N) is 4. The van der Waals surface area contributed by atoms with Gasteiger partial charge < -0.3 is 10.2 Å². The van der Waals surface area contributed by atoms with Crippen molar-refractivity contribution in [2.75, 3.05) is 24.3 Å². The lowest BCUT2D eigenvalue weighted by Crippen LogP contribution is -2.15. The van der Waals surface area contributed by atoms with Crippen LogP contribution in [0.3, 0.4) is 0 Å². The highest BCUT2D eigenvalue weighted by molar-refractivity contribution is 6.32. The zero-order valence-corrected chi connectivity index (χ0v) is 15.0. The molecule has 25 heavy (non-hydrogen) atoms. The molecular weight excluding hydrogens is 332 g/mol. The Bertz CT molecular complexity index is 896. The van der Waals surface area contributed by atoms with Crippen LogP contribution in [0.5, 0.6) is 0 Å². The fourth-order valence-corrected chi connectivity index (χ4v) is 2.44. The summed E-state index contributed by atoms with van der Waals surface area (Å²) in [5, 5.41) is 3.83. The molecule has 0 amide bonds. The van der Waals surface area contributed by atoms with E-state index in [1.54, 1.807) is 0 Å². The highest BCUT2D eigenvalue weighted by Crippen LogP contribution is 2.26. The van der Waals surface area contributed by atoms with Gasteiger partial charge in [0.1, 0.15) is 7.85 Å². The van der Waals surface area contributed by atoms with Crippen molar-refractivity contribution < 1.29 is 0 Å². The molecule has 0 saturated heterocycles. The number of benzene rings is 2. The fraction of sp³-hybridized carbons (Fsp3) is 0.167. The van der Waals surface area contributed by atoms with Crippen LogP contribution in [0, 0.1) is 6.92 Å². The second-order valence-electron chi connectivity index (χ2n) is 5.88. The molecule has 0 spiro atoms. The van der Waals surface area contributed by atoms with Crippen LogP contribution in [0.15, 0.2) is 42.5 Å². The molecular formula is C18H17BClN5. The third-order valence-electron chi connectivity index (χ3n) is 3.63. The number of hydrogen-bond donors (Lipinski definition) is 1. The van der Waals surface area contributed by atoms with Crippen LogP contribution in [-0.2, 0) is 0 Å². The number of rotatable bonds is 4. The maximum atomic E-state index is 6.14. The molecule has 0 aliphatic carbocycles. The van der Waals surface area contributed by atoms with Crippen LogP contribution in [0.25, 0.3) is 11.4 Å². The van der Waals surface area contributed by atoms with E-state index in [0.717, 1.165) is 16.8 Å². The second kappa shape index (κ2) is 7.11. The van der Waals surface area contributed by atoms with Crippen LogP contribution in [0.1, 0.15) is 5.56 Å². The summed E-state index contributed by atoms with van der Waals surface area (Å²) in [5.74, 6) is 1.58. The SMILES string of the molecule is [B]c1ccc(Nc2nc(-c3cc(Cl)ccc3C)nc(N(C)C)n2)cc1. The lowest BCUT2D eigenvalue weighted by molar-refractivity contribution is 0.965. The highest BCUT2D eigenvalue weighted by Gasteiger charge is 2.12. The van der Waals surface area contributed by atoms with Gasteiger partial charge in [0.25, 0.3) is 0 Å².